The molecule has 0 spiro atoms. The van der Waals surface area contributed by atoms with Crippen LogP contribution in [-0.4, -0.2) is 33.8 Å². The maximum absolute atomic E-state index is 13.0. The highest BCUT2D eigenvalue weighted by Crippen LogP contribution is 2.50. The van der Waals surface area contributed by atoms with Gasteiger partial charge >= 0.3 is 0 Å². The van der Waals surface area contributed by atoms with Crippen LogP contribution in [0, 0.1) is 33.5 Å². The summed E-state index contributed by atoms with van der Waals surface area (Å²) in [5, 5.41) is 10.8. The van der Waals surface area contributed by atoms with E-state index in [1.165, 1.54) is 13.8 Å². The molecule has 0 saturated heterocycles. The number of aliphatic hydroxyl groups is 1. The fourth-order valence-electron chi connectivity index (χ4n) is 6.78. The first kappa shape index (κ1) is 34.4. The van der Waals surface area contributed by atoms with Gasteiger partial charge in [0.1, 0.15) is 5.60 Å². The molecule has 216 valence electrons. The number of carbonyl (C=O) groups is 4. The normalized spacial score (nSPS) is 31.1. The second-order valence-corrected chi connectivity index (χ2v) is 12.9. The van der Waals surface area contributed by atoms with Crippen molar-refractivity contribution in [3.05, 3.63) is 60.3 Å². The van der Waals surface area contributed by atoms with Crippen LogP contribution < -0.4 is 0 Å². The van der Waals surface area contributed by atoms with Gasteiger partial charge in [0.15, 0.2) is 23.1 Å². The first-order chi connectivity index (χ1) is 17.5. The molecule has 39 heavy (non-hydrogen) atoms. The van der Waals surface area contributed by atoms with E-state index < -0.39 is 27.3 Å². The van der Waals surface area contributed by atoms with Crippen molar-refractivity contribution >= 4 is 23.1 Å². The highest BCUT2D eigenvalue weighted by molar-refractivity contribution is 6.06. The Kier molecular flexibility index (Phi) is 10.1. The van der Waals surface area contributed by atoms with Crippen molar-refractivity contribution in [1.82, 2.24) is 0 Å². The van der Waals surface area contributed by atoms with Crippen LogP contribution in [0.2, 0.25) is 0 Å². The predicted octanol–water partition coefficient (Wildman–Crippen LogP) is 6.97. The van der Waals surface area contributed by atoms with Crippen LogP contribution in [0.4, 0.5) is 0 Å². The Balaban J connectivity index is 0.000000391. The molecule has 0 aromatic carbocycles. The molecule has 1 unspecified atom stereocenters. The van der Waals surface area contributed by atoms with Crippen molar-refractivity contribution in [2.75, 3.05) is 0 Å². The van der Waals surface area contributed by atoms with E-state index in [0.717, 1.165) is 11.1 Å². The zero-order chi connectivity index (χ0) is 30.9. The average Bonchev–Trinajstić information content (AvgIpc) is 2.80. The lowest BCUT2D eigenvalue weighted by Gasteiger charge is -2.48. The molecule has 0 amide bonds. The molecule has 0 bridgehead atoms. The van der Waals surface area contributed by atoms with E-state index in [1.807, 2.05) is 66.7 Å². The fourth-order valence-corrected chi connectivity index (χ4v) is 6.78. The third-order valence-corrected chi connectivity index (χ3v) is 9.16. The van der Waals surface area contributed by atoms with Crippen LogP contribution in [-0.2, 0) is 19.2 Å². The molecule has 0 fully saturated rings. The summed E-state index contributed by atoms with van der Waals surface area (Å²) < 4.78 is 0. The molecule has 5 nitrogen and oxygen atoms in total. The number of allylic oxidation sites excluding steroid dienone is 7. The number of ketones is 4. The standard InChI is InChI=1S/C17H26O3.C17H24O2/c1-8-17(20,12(4)18)16(7)10-9-13(11(2)3)15(5,6)14(16)19;1-8-13(12(4)18)17(7)10-9-14(11(2)3)16(5,6)15(17)19/h9-10,13,20H,2,8H2,1,3-7H3;8-10,14H,2H2,1,3-7H3/b;13-8+/t13-,16+,17?;14-,17-/m00/s1. The molecule has 2 aliphatic carbocycles. The minimum atomic E-state index is -1.65. The van der Waals surface area contributed by atoms with Crippen molar-refractivity contribution in [3.63, 3.8) is 0 Å². The molecular formula is C34H50O5. The molecular weight excluding hydrogens is 488 g/mol. The van der Waals surface area contributed by atoms with Gasteiger partial charge in [-0.1, -0.05) is 89.3 Å². The van der Waals surface area contributed by atoms with E-state index in [-0.39, 0.29) is 41.4 Å². The first-order valence-corrected chi connectivity index (χ1v) is 13.7. The first-order valence-electron chi connectivity index (χ1n) is 13.7. The topological polar surface area (TPSA) is 88.5 Å². The third-order valence-electron chi connectivity index (χ3n) is 9.16. The summed E-state index contributed by atoms with van der Waals surface area (Å²) in [5.41, 5.74) is -2.45. The second-order valence-electron chi connectivity index (χ2n) is 12.9. The lowest BCUT2D eigenvalue weighted by Crippen LogP contribution is -2.60. The molecule has 0 aromatic heterocycles. The Morgan fingerprint density at radius 1 is 0.872 bits per heavy atom. The van der Waals surface area contributed by atoms with Crippen molar-refractivity contribution in [3.8, 4) is 0 Å². The molecule has 0 radical (unpaired) electrons. The van der Waals surface area contributed by atoms with Crippen molar-refractivity contribution in [2.24, 2.45) is 33.5 Å². The highest BCUT2D eigenvalue weighted by Gasteiger charge is 2.59. The van der Waals surface area contributed by atoms with E-state index in [1.54, 1.807) is 32.9 Å². The van der Waals surface area contributed by atoms with Crippen LogP contribution in [0.15, 0.2) is 60.3 Å². The Labute approximate surface area is 236 Å². The molecule has 5 heteroatoms. The molecule has 5 atom stereocenters. The monoisotopic (exact) mass is 538 g/mol. The Morgan fingerprint density at radius 2 is 1.28 bits per heavy atom. The maximum atomic E-state index is 13.0. The van der Waals surface area contributed by atoms with E-state index in [9.17, 15) is 24.3 Å². The van der Waals surface area contributed by atoms with Crippen LogP contribution in [0.5, 0.6) is 0 Å². The SMILES string of the molecule is C=C(C)[C@@H]1C=C[C@@](C)(/C(=C/C)C(C)=O)C(=O)C1(C)C.C=C(C)[C@@H]1C=C[C@@](C)(C(O)(CC)C(C)=O)C(=O)C1(C)C. The van der Waals surface area contributed by atoms with Gasteiger partial charge in [-0.25, -0.2) is 0 Å². The number of rotatable bonds is 7. The Morgan fingerprint density at radius 3 is 1.62 bits per heavy atom. The molecule has 0 heterocycles. The zero-order valence-electron chi connectivity index (χ0n) is 26.2. The Bertz CT molecular complexity index is 1160. The maximum Gasteiger partial charge on any atom is 0.162 e. The highest BCUT2D eigenvalue weighted by atomic mass is 16.3. The number of hydrogen-bond acceptors (Lipinski definition) is 5. The zero-order valence-corrected chi connectivity index (χ0v) is 26.2. The summed E-state index contributed by atoms with van der Waals surface area (Å²) in [6.07, 6.45) is 9.47. The summed E-state index contributed by atoms with van der Waals surface area (Å²) in [6, 6.07) is 0. The van der Waals surface area contributed by atoms with Gasteiger partial charge in [0, 0.05) is 28.2 Å². The summed E-state index contributed by atoms with van der Waals surface area (Å²) in [4.78, 5) is 49.6. The summed E-state index contributed by atoms with van der Waals surface area (Å²) in [6.45, 7) is 29.2. The number of Topliss-reactive ketones (excluding diaryl/α,β-unsaturated/α-hetero) is 4. The van der Waals surface area contributed by atoms with Crippen LogP contribution in [0.1, 0.15) is 89.5 Å². The van der Waals surface area contributed by atoms with Gasteiger partial charge in [0.05, 0.1) is 10.8 Å². The quantitative estimate of drug-likeness (QED) is 0.279. The van der Waals surface area contributed by atoms with Gasteiger partial charge in [-0.05, 0) is 54.9 Å². The summed E-state index contributed by atoms with van der Waals surface area (Å²) in [5.74, 6) is -0.495. The molecule has 0 aromatic rings. The van der Waals surface area contributed by atoms with Gasteiger partial charge in [-0.15, -0.1) is 0 Å². The molecule has 1 N–H and O–H groups in total. The van der Waals surface area contributed by atoms with Crippen molar-refractivity contribution in [1.29, 1.82) is 0 Å². The Hall–Kier alpha value is -2.66. The lowest BCUT2D eigenvalue weighted by atomic mass is 9.54. The molecule has 2 aliphatic rings. The van der Waals surface area contributed by atoms with Gasteiger partial charge in [0.25, 0.3) is 0 Å². The molecule has 2 rings (SSSR count). The summed E-state index contributed by atoms with van der Waals surface area (Å²) >= 11 is 0. The van der Waals surface area contributed by atoms with Crippen molar-refractivity contribution < 1.29 is 24.3 Å². The van der Waals surface area contributed by atoms with Crippen LogP contribution in [0.25, 0.3) is 0 Å². The smallest absolute Gasteiger partial charge is 0.162 e. The van der Waals surface area contributed by atoms with E-state index in [2.05, 4.69) is 13.2 Å². The van der Waals surface area contributed by atoms with Crippen LogP contribution in [0.3, 0.4) is 0 Å². The van der Waals surface area contributed by atoms with E-state index in [4.69, 9.17) is 0 Å². The largest absolute Gasteiger partial charge is 0.381 e. The van der Waals surface area contributed by atoms with Crippen molar-refractivity contribution in [2.45, 2.75) is 95.1 Å². The average molecular weight is 539 g/mol. The minimum Gasteiger partial charge on any atom is -0.381 e. The molecule has 0 saturated carbocycles. The third kappa shape index (κ3) is 5.66. The lowest BCUT2D eigenvalue weighted by molar-refractivity contribution is -0.163. The number of hydrogen-bond donors (Lipinski definition) is 1. The van der Waals surface area contributed by atoms with Crippen LogP contribution >= 0.6 is 0 Å². The fraction of sp³-hybridized carbons (Fsp3) is 0.588. The van der Waals surface area contributed by atoms with Gasteiger partial charge in [-0.3, -0.25) is 19.2 Å². The van der Waals surface area contributed by atoms with Gasteiger partial charge in [0.2, 0.25) is 0 Å². The minimum absolute atomic E-state index is 0.0261. The number of carbonyl (C=O) groups excluding carboxylic acids is 4. The second kappa shape index (κ2) is 11.4. The molecule has 0 aliphatic heterocycles. The summed E-state index contributed by atoms with van der Waals surface area (Å²) in [7, 11) is 0. The van der Waals surface area contributed by atoms with E-state index in [0.29, 0.717) is 5.57 Å². The van der Waals surface area contributed by atoms with E-state index >= 15 is 0 Å². The van der Waals surface area contributed by atoms with Gasteiger partial charge < -0.3 is 5.11 Å². The van der Waals surface area contributed by atoms with Gasteiger partial charge in [-0.2, -0.15) is 0 Å². The predicted molar refractivity (Wildman–Crippen MR) is 159 cm³/mol.